The van der Waals surface area contributed by atoms with Gasteiger partial charge in [-0.2, -0.15) is 26.3 Å². The molecule has 4 bridgehead atoms. The lowest BCUT2D eigenvalue weighted by Crippen LogP contribution is -2.55. The van der Waals surface area contributed by atoms with Gasteiger partial charge in [-0.05, 0) is 44.4 Å². The quantitative estimate of drug-likeness (QED) is 0.356. The Morgan fingerprint density at radius 3 is 2.15 bits per heavy atom. The third-order valence-electron chi connectivity index (χ3n) is 6.31. The summed E-state index contributed by atoms with van der Waals surface area (Å²) in [6, 6.07) is 0. The van der Waals surface area contributed by atoms with Gasteiger partial charge in [0.25, 0.3) is 0 Å². The zero-order chi connectivity index (χ0) is 20.3. The maximum atomic E-state index is 13.5. The molecule has 0 spiro atoms. The number of rotatable bonds is 7. The van der Waals surface area contributed by atoms with Crippen molar-refractivity contribution in [3.8, 4) is 0 Å². The monoisotopic (exact) mass is 400 g/mol. The first-order valence-corrected chi connectivity index (χ1v) is 9.13. The van der Waals surface area contributed by atoms with Gasteiger partial charge in [0.15, 0.2) is 0 Å². The summed E-state index contributed by atoms with van der Waals surface area (Å²) >= 11 is 0. The van der Waals surface area contributed by atoms with Gasteiger partial charge in [0, 0.05) is 25.2 Å². The van der Waals surface area contributed by atoms with Crippen LogP contribution in [0.3, 0.4) is 0 Å². The van der Waals surface area contributed by atoms with Crippen LogP contribution in [0.1, 0.15) is 51.9 Å². The number of ketones is 1. The molecule has 154 valence electrons. The Morgan fingerprint density at radius 2 is 1.63 bits per heavy atom. The van der Waals surface area contributed by atoms with Crippen LogP contribution in [-0.4, -0.2) is 36.1 Å². The van der Waals surface area contributed by atoms with E-state index in [1.807, 2.05) is 0 Å². The number of carbonyl (C=O) groups excluding carboxylic acids is 2. The summed E-state index contributed by atoms with van der Waals surface area (Å²) in [7, 11) is 0. The number of carbonyl (C=O) groups is 2. The van der Waals surface area contributed by atoms with E-state index in [1.165, 1.54) is 0 Å². The SMILES string of the molecule is CC(F)(F)C(F)(F)C(F)(F)CCCOC(=O)C12CC3CC(C1)C(=O)C(C3)C2. The van der Waals surface area contributed by atoms with Gasteiger partial charge in [0.05, 0.1) is 12.0 Å². The van der Waals surface area contributed by atoms with Crippen molar-refractivity contribution in [2.24, 2.45) is 23.2 Å². The molecule has 0 radical (unpaired) electrons. The van der Waals surface area contributed by atoms with Crippen molar-refractivity contribution in [3.05, 3.63) is 0 Å². The van der Waals surface area contributed by atoms with E-state index in [2.05, 4.69) is 0 Å². The smallest absolute Gasteiger partial charge is 0.371 e. The van der Waals surface area contributed by atoms with Gasteiger partial charge in [-0.3, -0.25) is 9.59 Å². The highest BCUT2D eigenvalue weighted by Crippen LogP contribution is 2.59. The number of halogens is 6. The summed E-state index contributed by atoms with van der Waals surface area (Å²) in [4.78, 5) is 24.6. The maximum Gasteiger partial charge on any atom is 0.371 e. The van der Waals surface area contributed by atoms with Crippen LogP contribution in [0.5, 0.6) is 0 Å². The number of ether oxygens (including phenoxy) is 1. The Morgan fingerprint density at radius 1 is 1.07 bits per heavy atom. The van der Waals surface area contributed by atoms with Gasteiger partial charge in [0.2, 0.25) is 0 Å². The highest BCUT2D eigenvalue weighted by molar-refractivity contribution is 5.89. The standard InChI is InChI=1S/C18H22F6O3/c1-15(19,20)18(23,24)17(21,22)3-2-4-27-14(26)16-7-10-5-11(8-16)13(25)12(6-10)9-16/h10-12H,2-9H2,1H3. The molecule has 4 saturated carbocycles. The van der Waals surface area contributed by atoms with Crippen LogP contribution in [0.15, 0.2) is 0 Å². The first-order chi connectivity index (χ1) is 12.3. The van der Waals surface area contributed by atoms with Gasteiger partial charge in [-0.25, -0.2) is 0 Å². The lowest BCUT2D eigenvalue weighted by molar-refractivity contribution is -0.304. The van der Waals surface area contributed by atoms with Gasteiger partial charge in [0.1, 0.15) is 5.78 Å². The Labute approximate surface area is 152 Å². The summed E-state index contributed by atoms with van der Waals surface area (Å²) < 4.78 is 83.9. The molecule has 0 aromatic carbocycles. The molecular formula is C18H22F6O3. The van der Waals surface area contributed by atoms with Gasteiger partial charge >= 0.3 is 23.7 Å². The van der Waals surface area contributed by atoms with Crippen LogP contribution in [0.25, 0.3) is 0 Å². The minimum atomic E-state index is -5.48. The molecule has 4 aliphatic carbocycles. The first kappa shape index (κ1) is 20.5. The van der Waals surface area contributed by atoms with Crippen LogP contribution < -0.4 is 0 Å². The van der Waals surface area contributed by atoms with Crippen LogP contribution >= 0.6 is 0 Å². The molecule has 0 aromatic heterocycles. The summed E-state index contributed by atoms with van der Waals surface area (Å²) in [6.07, 6.45) is 0.698. The predicted molar refractivity (Wildman–Crippen MR) is 81.7 cm³/mol. The number of esters is 1. The molecule has 0 amide bonds. The Balaban J connectivity index is 1.53. The van der Waals surface area contributed by atoms with E-state index in [1.54, 1.807) is 0 Å². The molecule has 2 unspecified atom stereocenters. The topological polar surface area (TPSA) is 43.4 Å². The van der Waals surface area contributed by atoms with Crippen molar-refractivity contribution in [1.82, 2.24) is 0 Å². The summed E-state index contributed by atoms with van der Waals surface area (Å²) in [5, 5.41) is 0. The van der Waals surface area contributed by atoms with Crippen molar-refractivity contribution in [1.29, 1.82) is 0 Å². The van der Waals surface area contributed by atoms with E-state index in [9.17, 15) is 35.9 Å². The molecule has 27 heavy (non-hydrogen) atoms. The lowest BCUT2D eigenvalue weighted by atomic mass is 9.49. The summed E-state index contributed by atoms with van der Waals surface area (Å²) in [6.45, 7) is -0.801. The average Bonchev–Trinajstić information content (AvgIpc) is 2.54. The van der Waals surface area contributed by atoms with Gasteiger partial charge in [-0.15, -0.1) is 0 Å². The summed E-state index contributed by atoms with van der Waals surface area (Å²) in [5.41, 5.74) is -0.798. The first-order valence-electron chi connectivity index (χ1n) is 9.13. The van der Waals surface area contributed by atoms with E-state index in [-0.39, 0.29) is 30.5 Å². The molecular weight excluding hydrogens is 378 g/mol. The third kappa shape index (κ3) is 3.35. The molecule has 3 nitrogen and oxygen atoms in total. The molecule has 4 fully saturated rings. The average molecular weight is 400 g/mol. The maximum absolute atomic E-state index is 13.5. The fraction of sp³-hybridized carbons (Fsp3) is 0.889. The van der Waals surface area contributed by atoms with Crippen molar-refractivity contribution >= 4 is 11.8 Å². The molecule has 4 aliphatic rings. The van der Waals surface area contributed by atoms with Crippen LogP contribution in [-0.2, 0) is 14.3 Å². The number of hydrogen-bond donors (Lipinski definition) is 0. The largest absolute Gasteiger partial charge is 0.465 e. The van der Waals surface area contributed by atoms with E-state index < -0.39 is 48.6 Å². The highest BCUT2D eigenvalue weighted by atomic mass is 19.3. The zero-order valence-corrected chi connectivity index (χ0v) is 14.9. The second-order valence-electron chi connectivity index (χ2n) is 8.43. The number of hydrogen-bond acceptors (Lipinski definition) is 3. The zero-order valence-electron chi connectivity index (χ0n) is 14.9. The minimum Gasteiger partial charge on any atom is -0.465 e. The molecule has 0 aliphatic heterocycles. The molecule has 0 N–H and O–H groups in total. The molecule has 9 heteroatoms. The Kier molecular flexibility index (Phi) is 4.83. The van der Waals surface area contributed by atoms with Crippen LogP contribution in [0.2, 0.25) is 0 Å². The summed E-state index contributed by atoms with van der Waals surface area (Å²) in [5.74, 6) is -15.7. The molecule has 2 atom stereocenters. The predicted octanol–water partition coefficient (Wildman–Crippen LogP) is 4.63. The van der Waals surface area contributed by atoms with E-state index >= 15 is 0 Å². The molecule has 0 heterocycles. The van der Waals surface area contributed by atoms with Crippen molar-refractivity contribution in [2.75, 3.05) is 6.61 Å². The van der Waals surface area contributed by atoms with Crippen molar-refractivity contribution in [2.45, 2.75) is 69.6 Å². The van der Waals surface area contributed by atoms with E-state index in [0.717, 1.165) is 12.8 Å². The van der Waals surface area contributed by atoms with Crippen LogP contribution in [0.4, 0.5) is 26.3 Å². The van der Waals surface area contributed by atoms with Crippen molar-refractivity contribution < 1.29 is 40.7 Å². The van der Waals surface area contributed by atoms with Gasteiger partial charge in [-0.1, -0.05) is 0 Å². The lowest BCUT2D eigenvalue weighted by Gasteiger charge is -2.53. The fourth-order valence-corrected chi connectivity index (χ4v) is 5.09. The molecule has 4 rings (SSSR count). The number of alkyl halides is 6. The van der Waals surface area contributed by atoms with Crippen molar-refractivity contribution in [3.63, 3.8) is 0 Å². The molecule has 0 saturated heterocycles. The highest BCUT2D eigenvalue weighted by Gasteiger charge is 2.68. The normalized spacial score (nSPS) is 33.4. The van der Waals surface area contributed by atoms with E-state index in [0.29, 0.717) is 19.3 Å². The van der Waals surface area contributed by atoms with E-state index in [4.69, 9.17) is 4.74 Å². The fourth-order valence-electron chi connectivity index (χ4n) is 5.09. The number of Topliss-reactive ketones (excluding diaryl/α,β-unsaturated/α-hetero) is 1. The minimum absolute atomic E-state index is 0.168. The second kappa shape index (κ2) is 6.37. The Bertz CT molecular complexity index is 609. The third-order valence-corrected chi connectivity index (χ3v) is 6.31. The molecule has 0 aromatic rings. The second-order valence-corrected chi connectivity index (χ2v) is 8.43. The van der Waals surface area contributed by atoms with Gasteiger partial charge < -0.3 is 4.74 Å². The van der Waals surface area contributed by atoms with Crippen LogP contribution in [0, 0.1) is 23.2 Å². The Hall–Kier alpha value is -1.28.